The van der Waals surface area contributed by atoms with Crippen molar-refractivity contribution < 1.29 is 4.79 Å². The van der Waals surface area contributed by atoms with Crippen molar-refractivity contribution in [1.82, 2.24) is 4.90 Å². The quantitative estimate of drug-likeness (QED) is 0.770. The molecule has 0 unspecified atom stereocenters. The Morgan fingerprint density at radius 1 is 1.00 bits per heavy atom. The van der Waals surface area contributed by atoms with Crippen LogP contribution in [0.5, 0.6) is 0 Å². The van der Waals surface area contributed by atoms with Crippen LogP contribution in [0, 0.1) is 5.92 Å². The summed E-state index contributed by atoms with van der Waals surface area (Å²) in [6.07, 6.45) is 9.66. The largest absolute Gasteiger partial charge is 0.351 e. The number of nitrogens with zero attached hydrogens (tertiary/aromatic N) is 1. The minimum Gasteiger partial charge on any atom is -0.351 e. The Labute approximate surface area is 98.4 Å². The number of hydrogen-bond donors (Lipinski definition) is 1. The van der Waals surface area contributed by atoms with Crippen molar-refractivity contribution in [3.05, 3.63) is 0 Å². The lowest BCUT2D eigenvalue weighted by molar-refractivity contribution is 0.121. The number of carbonyl (C=O) groups excluding carboxylic acids is 1. The fourth-order valence-corrected chi connectivity index (χ4v) is 3.36. The number of nitrogens with two attached hydrogens (primary N) is 1. The van der Waals surface area contributed by atoms with Gasteiger partial charge in [-0.1, -0.05) is 19.8 Å². The van der Waals surface area contributed by atoms with Crippen molar-refractivity contribution in [2.24, 2.45) is 11.7 Å². The zero-order chi connectivity index (χ0) is 11.5. The lowest BCUT2D eigenvalue weighted by Crippen LogP contribution is -2.50. The Bertz CT molecular complexity index is 240. The van der Waals surface area contributed by atoms with Gasteiger partial charge in [-0.3, -0.25) is 0 Å². The normalized spacial score (nSPS) is 31.6. The molecule has 0 spiro atoms. The molecule has 0 radical (unpaired) electrons. The van der Waals surface area contributed by atoms with Crippen LogP contribution in [0.1, 0.15) is 58.3 Å². The van der Waals surface area contributed by atoms with Crippen LogP contribution >= 0.6 is 0 Å². The standard InChI is InChI=1S/C13H24N2O/c1-10-6-8-12(9-7-10)15(13(14)16)11-4-2-3-5-11/h10-12H,2-9H2,1H3,(H2,14,16). The van der Waals surface area contributed by atoms with Crippen molar-refractivity contribution in [3.8, 4) is 0 Å². The van der Waals surface area contributed by atoms with Gasteiger partial charge < -0.3 is 10.6 Å². The Morgan fingerprint density at radius 3 is 2.00 bits per heavy atom. The van der Waals surface area contributed by atoms with Crippen molar-refractivity contribution in [2.75, 3.05) is 0 Å². The van der Waals surface area contributed by atoms with Gasteiger partial charge in [-0.2, -0.15) is 0 Å². The summed E-state index contributed by atoms with van der Waals surface area (Å²) in [5.41, 5.74) is 5.57. The van der Waals surface area contributed by atoms with Crippen molar-refractivity contribution in [2.45, 2.75) is 70.4 Å². The first-order valence-corrected chi connectivity index (χ1v) is 6.76. The van der Waals surface area contributed by atoms with Gasteiger partial charge in [-0.15, -0.1) is 0 Å². The van der Waals surface area contributed by atoms with Crippen LogP contribution in [-0.4, -0.2) is 23.0 Å². The molecule has 2 fully saturated rings. The first-order valence-electron chi connectivity index (χ1n) is 6.76. The fraction of sp³-hybridized carbons (Fsp3) is 0.923. The minimum absolute atomic E-state index is 0.188. The molecule has 0 heterocycles. The molecule has 0 aromatic carbocycles. The Kier molecular flexibility index (Phi) is 3.72. The zero-order valence-electron chi connectivity index (χ0n) is 10.3. The van der Waals surface area contributed by atoms with Crippen LogP contribution in [0.2, 0.25) is 0 Å². The third kappa shape index (κ3) is 2.50. The molecule has 0 bridgehead atoms. The molecule has 0 saturated heterocycles. The molecule has 0 aromatic rings. The van der Waals surface area contributed by atoms with Crippen molar-refractivity contribution in [3.63, 3.8) is 0 Å². The van der Waals surface area contributed by atoms with E-state index in [4.69, 9.17) is 5.73 Å². The first kappa shape index (κ1) is 11.7. The van der Waals surface area contributed by atoms with Crippen LogP contribution in [0.15, 0.2) is 0 Å². The molecule has 0 aliphatic heterocycles. The molecule has 2 rings (SSSR count). The summed E-state index contributed by atoms with van der Waals surface area (Å²) < 4.78 is 0. The predicted octanol–water partition coefficient (Wildman–Crippen LogP) is 2.89. The monoisotopic (exact) mass is 224 g/mol. The summed E-state index contributed by atoms with van der Waals surface area (Å²) >= 11 is 0. The predicted molar refractivity (Wildman–Crippen MR) is 65.1 cm³/mol. The van der Waals surface area contributed by atoms with E-state index in [1.54, 1.807) is 0 Å². The lowest BCUT2D eigenvalue weighted by Gasteiger charge is -2.38. The molecule has 16 heavy (non-hydrogen) atoms. The molecule has 92 valence electrons. The molecule has 2 N–H and O–H groups in total. The molecule has 2 aliphatic rings. The number of primary amides is 1. The van der Waals surface area contributed by atoms with E-state index >= 15 is 0 Å². The highest BCUT2D eigenvalue weighted by atomic mass is 16.2. The third-order valence-corrected chi connectivity index (χ3v) is 4.35. The number of rotatable bonds is 2. The highest BCUT2D eigenvalue weighted by Crippen LogP contribution is 2.32. The van der Waals surface area contributed by atoms with E-state index in [1.165, 1.54) is 25.7 Å². The Hall–Kier alpha value is -0.730. The second-order valence-corrected chi connectivity index (χ2v) is 5.60. The van der Waals surface area contributed by atoms with Gasteiger partial charge in [0.15, 0.2) is 0 Å². The molecule has 3 heteroatoms. The first-order chi connectivity index (χ1) is 7.68. The zero-order valence-corrected chi connectivity index (χ0v) is 10.3. The van der Waals surface area contributed by atoms with Gasteiger partial charge >= 0.3 is 6.03 Å². The van der Waals surface area contributed by atoms with E-state index in [1.807, 2.05) is 4.90 Å². The average Bonchev–Trinajstić information content (AvgIpc) is 2.74. The van der Waals surface area contributed by atoms with Crippen LogP contribution < -0.4 is 5.73 Å². The summed E-state index contributed by atoms with van der Waals surface area (Å²) in [6, 6.07) is 0.680. The summed E-state index contributed by atoms with van der Waals surface area (Å²) in [4.78, 5) is 13.6. The summed E-state index contributed by atoms with van der Waals surface area (Å²) in [7, 11) is 0. The Morgan fingerprint density at radius 2 is 1.50 bits per heavy atom. The number of carbonyl (C=O) groups is 1. The van der Waals surface area contributed by atoms with Crippen LogP contribution in [0.4, 0.5) is 4.79 Å². The van der Waals surface area contributed by atoms with E-state index < -0.39 is 0 Å². The SMILES string of the molecule is CC1CCC(N(C(N)=O)C2CCCC2)CC1. The van der Waals surface area contributed by atoms with Gasteiger partial charge in [-0.05, 0) is 44.4 Å². The number of amides is 2. The van der Waals surface area contributed by atoms with Gasteiger partial charge in [0.05, 0.1) is 0 Å². The maximum atomic E-state index is 11.6. The second-order valence-electron chi connectivity index (χ2n) is 5.60. The Balaban J connectivity index is 1.98. The van der Waals surface area contributed by atoms with Gasteiger partial charge in [0.25, 0.3) is 0 Å². The van der Waals surface area contributed by atoms with Gasteiger partial charge in [0, 0.05) is 12.1 Å². The molecule has 2 aliphatic carbocycles. The summed E-state index contributed by atoms with van der Waals surface area (Å²) in [5.74, 6) is 0.828. The van der Waals surface area contributed by atoms with Gasteiger partial charge in [0.2, 0.25) is 0 Å². The molecule has 2 saturated carbocycles. The molecule has 0 aromatic heterocycles. The summed E-state index contributed by atoms with van der Waals surface area (Å²) in [5, 5.41) is 0. The lowest BCUT2D eigenvalue weighted by atomic mass is 9.86. The van der Waals surface area contributed by atoms with E-state index in [0.29, 0.717) is 12.1 Å². The second kappa shape index (κ2) is 5.07. The highest BCUT2D eigenvalue weighted by Gasteiger charge is 2.32. The number of urea groups is 1. The summed E-state index contributed by atoms with van der Waals surface area (Å²) in [6.45, 7) is 2.31. The number of hydrogen-bond acceptors (Lipinski definition) is 1. The van der Waals surface area contributed by atoms with Crippen LogP contribution in [0.25, 0.3) is 0 Å². The van der Waals surface area contributed by atoms with E-state index in [9.17, 15) is 4.79 Å². The van der Waals surface area contributed by atoms with Crippen LogP contribution in [-0.2, 0) is 0 Å². The highest BCUT2D eigenvalue weighted by molar-refractivity contribution is 5.72. The molecular weight excluding hydrogens is 200 g/mol. The maximum Gasteiger partial charge on any atom is 0.315 e. The molecular formula is C13H24N2O. The van der Waals surface area contributed by atoms with Gasteiger partial charge in [-0.25, -0.2) is 4.79 Å². The van der Waals surface area contributed by atoms with Crippen molar-refractivity contribution in [1.29, 1.82) is 0 Å². The molecule has 3 nitrogen and oxygen atoms in total. The fourth-order valence-electron chi connectivity index (χ4n) is 3.36. The van der Waals surface area contributed by atoms with Crippen LogP contribution in [0.3, 0.4) is 0 Å². The van der Waals surface area contributed by atoms with E-state index in [0.717, 1.165) is 31.6 Å². The van der Waals surface area contributed by atoms with E-state index in [2.05, 4.69) is 6.92 Å². The molecule has 2 amide bonds. The minimum atomic E-state index is -0.188. The van der Waals surface area contributed by atoms with E-state index in [-0.39, 0.29) is 6.03 Å². The van der Waals surface area contributed by atoms with Crippen molar-refractivity contribution >= 4 is 6.03 Å². The third-order valence-electron chi connectivity index (χ3n) is 4.35. The average molecular weight is 224 g/mol. The maximum absolute atomic E-state index is 11.6. The topological polar surface area (TPSA) is 46.3 Å². The molecule has 0 atom stereocenters. The van der Waals surface area contributed by atoms with Gasteiger partial charge in [0.1, 0.15) is 0 Å². The smallest absolute Gasteiger partial charge is 0.315 e.